The molecule has 4 fully saturated rings. The van der Waals surface area contributed by atoms with Crippen molar-refractivity contribution in [2.75, 3.05) is 19.8 Å². The van der Waals surface area contributed by atoms with Crippen molar-refractivity contribution in [2.24, 2.45) is 46.0 Å². The number of ketones is 2. The molecule has 0 unspecified atom stereocenters. The molecule has 2 bridgehead atoms. The van der Waals surface area contributed by atoms with E-state index in [1.54, 1.807) is 71.9 Å². The third-order valence-corrected chi connectivity index (χ3v) is 15.4. The summed E-state index contributed by atoms with van der Waals surface area (Å²) in [6, 6.07) is 18.0. The summed E-state index contributed by atoms with van der Waals surface area (Å²) in [5.74, 6) is -6.87. The molecule has 16 nitrogen and oxygen atoms in total. The fraction of sp³-hybridized carbons (Fsp3) is 0.632. The number of carbonyl (C=O) groups is 7. The Balaban J connectivity index is 0.000000811. The van der Waals surface area contributed by atoms with Crippen molar-refractivity contribution in [1.29, 1.82) is 0 Å². The predicted molar refractivity (Wildman–Crippen MR) is 271 cm³/mol. The number of hydrogen-bond acceptors (Lipinski definition) is 15. The zero-order valence-corrected chi connectivity index (χ0v) is 44.8. The summed E-state index contributed by atoms with van der Waals surface area (Å²) in [5.41, 5.74) is 5.89. The molecule has 1 saturated heterocycles. The summed E-state index contributed by atoms with van der Waals surface area (Å²) in [4.78, 5) is 93.9. The first kappa shape index (κ1) is 58.4. The van der Waals surface area contributed by atoms with E-state index in [-0.39, 0.29) is 44.2 Å². The monoisotopic (exact) mass is 1020 g/mol. The van der Waals surface area contributed by atoms with E-state index in [9.17, 15) is 33.9 Å². The maximum atomic E-state index is 15.6. The van der Waals surface area contributed by atoms with Crippen LogP contribution in [0.15, 0.2) is 71.8 Å². The molecule has 2 aromatic carbocycles. The lowest BCUT2D eigenvalue weighted by Crippen LogP contribution is -2.76. The van der Waals surface area contributed by atoms with Gasteiger partial charge in [0.25, 0.3) is 0 Å². The number of ether oxygens (including phenoxy) is 6. The molecule has 2 aromatic rings. The molecule has 5 N–H and O–H groups in total. The third-order valence-electron chi connectivity index (χ3n) is 15.4. The van der Waals surface area contributed by atoms with Gasteiger partial charge in [-0.05, 0) is 88.5 Å². The van der Waals surface area contributed by atoms with Crippen LogP contribution in [-0.4, -0.2) is 102 Å². The average molecular weight is 1020 g/mol. The van der Waals surface area contributed by atoms with E-state index in [0.29, 0.717) is 42.5 Å². The Morgan fingerprint density at radius 3 is 2.03 bits per heavy atom. The number of amides is 1. The van der Waals surface area contributed by atoms with Crippen LogP contribution < -0.4 is 11.5 Å². The second kappa shape index (κ2) is 23.8. The molecule has 73 heavy (non-hydrogen) atoms. The van der Waals surface area contributed by atoms with Gasteiger partial charge in [0, 0.05) is 61.3 Å². The quantitative estimate of drug-likeness (QED) is 0.0471. The van der Waals surface area contributed by atoms with Gasteiger partial charge < -0.3 is 45.0 Å². The second-order valence-electron chi connectivity index (χ2n) is 22.1. The summed E-state index contributed by atoms with van der Waals surface area (Å²) < 4.78 is 35.2. The molecule has 11 atom stereocenters. The molecule has 1 amide bonds. The summed E-state index contributed by atoms with van der Waals surface area (Å²) in [7, 11) is 0. The second-order valence-corrected chi connectivity index (χ2v) is 22.1. The number of nitrogens with two attached hydrogens (primary N) is 2. The molecule has 0 aromatic heterocycles. The summed E-state index contributed by atoms with van der Waals surface area (Å²) >= 11 is 0. The lowest BCUT2D eigenvalue weighted by atomic mass is 9.45. The van der Waals surface area contributed by atoms with E-state index in [4.69, 9.17) is 35.2 Å². The number of rotatable bonds is 16. The maximum absolute atomic E-state index is 15.6. The predicted octanol–water partition coefficient (Wildman–Crippen LogP) is 8.28. The van der Waals surface area contributed by atoms with Crippen molar-refractivity contribution >= 4 is 41.5 Å². The number of carbonyl (C=O) groups excluding carboxylic acids is 7. The van der Waals surface area contributed by atoms with E-state index in [1.807, 2.05) is 37.3 Å². The van der Waals surface area contributed by atoms with Gasteiger partial charge in [-0.15, -0.1) is 0 Å². The number of hydrogen-bond donors (Lipinski definition) is 3. The smallest absolute Gasteiger partial charge is 0.405 e. The lowest BCUT2D eigenvalue weighted by molar-refractivity contribution is -0.316. The largest absolute Gasteiger partial charge is 0.465 e. The molecule has 1 heterocycles. The van der Waals surface area contributed by atoms with Crippen LogP contribution in [0.2, 0.25) is 0 Å². The Hall–Kier alpha value is -5.45. The van der Waals surface area contributed by atoms with Crippen molar-refractivity contribution in [1.82, 2.24) is 0 Å². The third kappa shape index (κ3) is 12.6. The molecular weight excluding hydrogens is 937 g/mol. The van der Waals surface area contributed by atoms with Crippen LogP contribution in [0.3, 0.4) is 0 Å². The van der Waals surface area contributed by atoms with Crippen LogP contribution in [0, 0.1) is 34.5 Å². The van der Waals surface area contributed by atoms with E-state index in [1.165, 1.54) is 20.3 Å². The number of fused-ring (bicyclic) bond motifs is 4. The van der Waals surface area contributed by atoms with E-state index in [2.05, 4.69) is 18.6 Å². The Labute approximate surface area is 430 Å². The molecule has 4 aliphatic carbocycles. The van der Waals surface area contributed by atoms with Gasteiger partial charge in [0.2, 0.25) is 0 Å². The number of Topliss-reactive ketones (excluding diaryl/α,β-unsaturated/α-hetero) is 2. The maximum Gasteiger partial charge on any atom is 0.405 e. The highest BCUT2D eigenvalue weighted by atomic mass is 16.6. The zero-order valence-electron chi connectivity index (χ0n) is 44.8. The Morgan fingerprint density at radius 2 is 1.51 bits per heavy atom. The molecule has 1 aliphatic heterocycles. The summed E-state index contributed by atoms with van der Waals surface area (Å²) in [6.07, 6.45) is -0.137. The van der Waals surface area contributed by atoms with E-state index in [0.717, 1.165) is 18.4 Å². The van der Waals surface area contributed by atoms with Gasteiger partial charge in [-0.1, -0.05) is 108 Å². The molecule has 7 rings (SSSR count). The minimum absolute atomic E-state index is 0.0562. The van der Waals surface area contributed by atoms with Gasteiger partial charge in [0.05, 0.1) is 18.1 Å². The number of esters is 4. The Bertz CT molecular complexity index is 2340. The molecule has 1 spiro atoms. The first-order valence-electron chi connectivity index (χ1n) is 25.9. The number of aliphatic hydroxyl groups is 1. The highest BCUT2D eigenvalue weighted by Gasteiger charge is 2.83. The Morgan fingerprint density at radius 1 is 0.890 bits per heavy atom. The van der Waals surface area contributed by atoms with E-state index >= 15 is 4.79 Å². The van der Waals surface area contributed by atoms with Gasteiger partial charge in [-0.25, -0.2) is 4.79 Å². The van der Waals surface area contributed by atoms with Crippen LogP contribution >= 0.6 is 0 Å². The molecule has 0 radical (unpaired) electrons. The van der Waals surface area contributed by atoms with E-state index < -0.39 is 105 Å². The number of primary amides is 1. The number of benzene rings is 2. The first-order chi connectivity index (χ1) is 34.3. The van der Waals surface area contributed by atoms with Crippen molar-refractivity contribution in [3.63, 3.8) is 0 Å². The topological polar surface area (TPSA) is 247 Å². The molecule has 3 saturated carbocycles. The normalized spacial score (nSPS) is 29.0. The highest BCUT2D eigenvalue weighted by Crippen LogP contribution is 2.76. The Kier molecular flexibility index (Phi) is 19.1. The van der Waals surface area contributed by atoms with Crippen LogP contribution in [0.5, 0.6) is 0 Å². The van der Waals surface area contributed by atoms with Gasteiger partial charge in [0.15, 0.2) is 23.3 Å². The van der Waals surface area contributed by atoms with Crippen molar-refractivity contribution in [2.45, 2.75) is 175 Å². The summed E-state index contributed by atoms with van der Waals surface area (Å²) in [5, 5.41) is 13.9. The van der Waals surface area contributed by atoms with Gasteiger partial charge in [0.1, 0.15) is 24.4 Å². The van der Waals surface area contributed by atoms with Gasteiger partial charge in [-0.3, -0.25) is 28.8 Å². The van der Waals surface area contributed by atoms with Crippen LogP contribution in [0.1, 0.15) is 156 Å². The SMILES string of the molecule is CC(=O)O[C@H]1C(=O)[C@]23C[C@H]2C[C@H]2OC[C@@]2(OC(C)=O)[C@H]3[C@H](CC(=O)c2ccccc2)[C@]2(O)C[C@H](OC(=O)[C@H](COC(=O)CCCCCN)[C@@H](C)c3ccccc3)C(C)=C1C2(C)C.CC(C)(C)OC(N)=O.CCC. The molecule has 5 aliphatic rings. The molecule has 402 valence electrons. The molecular formula is C57H80N2O14. The number of unbranched alkanes of at least 4 members (excludes halogenated alkanes) is 2. The summed E-state index contributed by atoms with van der Waals surface area (Å²) in [6.45, 7) is 19.3. The lowest BCUT2D eigenvalue weighted by Gasteiger charge is -2.65. The van der Waals surface area contributed by atoms with Crippen molar-refractivity contribution in [3.05, 3.63) is 82.9 Å². The zero-order chi connectivity index (χ0) is 54.3. The van der Waals surface area contributed by atoms with Gasteiger partial charge >= 0.3 is 30.0 Å². The van der Waals surface area contributed by atoms with Crippen LogP contribution in [0.4, 0.5) is 4.79 Å². The van der Waals surface area contributed by atoms with Gasteiger partial charge in [-0.2, -0.15) is 0 Å². The first-order valence-corrected chi connectivity index (χ1v) is 25.9. The van der Waals surface area contributed by atoms with Crippen LogP contribution in [0.25, 0.3) is 0 Å². The highest BCUT2D eigenvalue weighted by molar-refractivity contribution is 5.99. The van der Waals surface area contributed by atoms with Crippen LogP contribution in [-0.2, 0) is 52.4 Å². The average Bonchev–Trinajstić information content (AvgIpc) is 4.04. The fourth-order valence-electron chi connectivity index (χ4n) is 12.0. The fourth-order valence-corrected chi connectivity index (χ4v) is 12.0. The van der Waals surface area contributed by atoms with Crippen molar-refractivity contribution in [3.8, 4) is 0 Å². The minimum Gasteiger partial charge on any atom is -0.465 e. The molecule has 16 heteroatoms. The van der Waals surface area contributed by atoms with Crippen molar-refractivity contribution < 1.29 is 67.1 Å². The standard InChI is InChI=1S/C49H61NO12.C5H11NO2.C3H8/c1-28(32-16-10-7-11-17-32)35(26-58-40(54)20-14-9-15-21-50)45(56)61-38-25-49(57)36(23-37(53)33-18-12-8-13-19-33)43-47(24-34(47)22-39-48(43,27-59-39)62-31(4)52)44(55)42(60-30(3)51)41(29(38)2)46(49,5)6;1-5(2,3)8-4(6)7;1-3-2/h7-8,10-13,16-19,28,34-36,38-39,42-43,57H,9,14-15,20-27,50H2,1-6H3;1-3H3,(H2,6,7);3H2,1-2H3/t28-,34+,35+,36-,38-,39+,42+,43-,47+,48-,49+;;/m0../s1. The minimum atomic E-state index is -1.94.